The van der Waals surface area contributed by atoms with Gasteiger partial charge < -0.3 is 14.1 Å². The number of benzene rings is 2. The Morgan fingerprint density at radius 3 is 2.11 bits per heavy atom. The second kappa shape index (κ2) is 14.2. The fraction of sp³-hybridized carbons (Fsp3) is 0.531. The van der Waals surface area contributed by atoms with E-state index in [-0.39, 0.29) is 5.78 Å². The number of carbonyl (C=O) groups is 1. The van der Waals surface area contributed by atoms with Crippen molar-refractivity contribution in [1.82, 2.24) is 4.90 Å². The van der Waals surface area contributed by atoms with E-state index in [4.69, 9.17) is 9.15 Å². The van der Waals surface area contributed by atoms with E-state index in [0.29, 0.717) is 17.7 Å². The van der Waals surface area contributed by atoms with Crippen LogP contribution in [0.25, 0.3) is 11.0 Å². The van der Waals surface area contributed by atoms with Gasteiger partial charge in [0.2, 0.25) is 0 Å². The largest absolute Gasteiger partial charge is 0.493 e. The lowest BCUT2D eigenvalue weighted by atomic mass is 9.95. The van der Waals surface area contributed by atoms with E-state index >= 15 is 0 Å². The van der Waals surface area contributed by atoms with Crippen molar-refractivity contribution in [2.45, 2.75) is 86.0 Å². The fourth-order valence-corrected chi connectivity index (χ4v) is 4.87. The summed E-state index contributed by atoms with van der Waals surface area (Å²) in [5.41, 5.74) is 4.22. The number of para-hydroxylation sites is 1. The summed E-state index contributed by atoms with van der Waals surface area (Å²) in [5, 5.41) is 0.903. The molecule has 3 rings (SSSR count). The topological polar surface area (TPSA) is 42.7 Å². The lowest BCUT2D eigenvalue weighted by molar-refractivity contribution is 0.103. The molecule has 0 atom stereocenters. The molecule has 0 aliphatic heterocycles. The number of furan rings is 1. The van der Waals surface area contributed by atoms with Gasteiger partial charge in [0.05, 0.1) is 12.2 Å². The molecule has 0 amide bonds. The number of ketones is 1. The van der Waals surface area contributed by atoms with Gasteiger partial charge in [0.15, 0.2) is 5.78 Å². The van der Waals surface area contributed by atoms with Gasteiger partial charge in [0.25, 0.3) is 0 Å². The standard InChI is InChI=1S/C32H45NO3/c1-6-9-16-29-30(27-15-12-13-17-28(27)36-29)31(34)26-22-24(4)32(25(5)23-26)35-21-14-20-33(18-10-7-2)19-11-8-3/h12-13,15,17,22-23H,6-11,14,16,18-21H2,1-5H3. The van der Waals surface area contributed by atoms with E-state index in [0.717, 1.165) is 65.8 Å². The lowest BCUT2D eigenvalue weighted by Crippen LogP contribution is -2.28. The molecule has 0 spiro atoms. The predicted octanol–water partition coefficient (Wildman–Crippen LogP) is 8.29. The molecule has 0 radical (unpaired) electrons. The van der Waals surface area contributed by atoms with Crippen LogP contribution in [0.4, 0.5) is 0 Å². The van der Waals surface area contributed by atoms with Crippen molar-refractivity contribution >= 4 is 16.8 Å². The van der Waals surface area contributed by atoms with Crippen molar-refractivity contribution in [2.75, 3.05) is 26.2 Å². The van der Waals surface area contributed by atoms with Gasteiger partial charge in [-0.25, -0.2) is 0 Å². The average molecular weight is 492 g/mol. The summed E-state index contributed by atoms with van der Waals surface area (Å²) in [5.74, 6) is 1.74. The molecule has 4 nitrogen and oxygen atoms in total. The van der Waals surface area contributed by atoms with Gasteiger partial charge in [0.1, 0.15) is 17.1 Å². The minimum Gasteiger partial charge on any atom is -0.493 e. The maximum atomic E-state index is 13.7. The SMILES string of the molecule is CCCCc1oc2ccccc2c1C(=O)c1cc(C)c(OCCCN(CCCC)CCCC)c(C)c1. The Balaban J connectivity index is 1.71. The van der Waals surface area contributed by atoms with Gasteiger partial charge in [-0.2, -0.15) is 0 Å². The number of carbonyl (C=O) groups excluding carboxylic acids is 1. The van der Waals surface area contributed by atoms with Crippen LogP contribution in [0.2, 0.25) is 0 Å². The molecule has 2 aromatic carbocycles. The van der Waals surface area contributed by atoms with E-state index in [1.54, 1.807) is 0 Å². The van der Waals surface area contributed by atoms with Crippen LogP contribution < -0.4 is 4.74 Å². The molecule has 0 bridgehead atoms. The molecular weight excluding hydrogens is 446 g/mol. The molecular formula is C32H45NO3. The molecule has 4 heteroatoms. The van der Waals surface area contributed by atoms with Crippen LogP contribution in [0.5, 0.6) is 5.75 Å². The van der Waals surface area contributed by atoms with Crippen molar-refractivity contribution in [3.05, 3.63) is 64.4 Å². The summed E-state index contributed by atoms with van der Waals surface area (Å²) in [4.78, 5) is 16.3. The first-order chi connectivity index (χ1) is 17.5. The second-order valence-corrected chi connectivity index (χ2v) is 10.0. The Labute approximate surface area is 218 Å². The Morgan fingerprint density at radius 2 is 1.47 bits per heavy atom. The number of nitrogens with zero attached hydrogens (tertiary/aromatic N) is 1. The molecule has 0 aliphatic carbocycles. The second-order valence-electron chi connectivity index (χ2n) is 10.0. The highest BCUT2D eigenvalue weighted by atomic mass is 16.5. The van der Waals surface area contributed by atoms with Gasteiger partial charge in [-0.05, 0) is 81.9 Å². The maximum Gasteiger partial charge on any atom is 0.197 e. The molecule has 0 N–H and O–H groups in total. The average Bonchev–Trinajstić information content (AvgIpc) is 3.25. The Bertz CT molecular complexity index is 1080. The van der Waals surface area contributed by atoms with Crippen molar-refractivity contribution in [2.24, 2.45) is 0 Å². The molecule has 36 heavy (non-hydrogen) atoms. The summed E-state index contributed by atoms with van der Waals surface area (Å²) in [6.45, 7) is 14.9. The number of unbranched alkanes of at least 4 members (excludes halogenated alkanes) is 3. The van der Waals surface area contributed by atoms with Crippen LogP contribution in [0.1, 0.15) is 98.5 Å². The first-order valence-corrected chi connectivity index (χ1v) is 14.0. The van der Waals surface area contributed by atoms with Crippen LogP contribution in [0, 0.1) is 13.8 Å². The molecule has 0 saturated heterocycles. The summed E-state index contributed by atoms with van der Waals surface area (Å²) >= 11 is 0. The minimum absolute atomic E-state index is 0.0336. The number of rotatable bonds is 16. The van der Waals surface area contributed by atoms with Crippen molar-refractivity contribution in [3.8, 4) is 5.75 Å². The monoisotopic (exact) mass is 491 g/mol. The van der Waals surface area contributed by atoms with Crippen LogP contribution >= 0.6 is 0 Å². The molecule has 0 fully saturated rings. The molecule has 3 aromatic rings. The zero-order valence-corrected chi connectivity index (χ0v) is 23.1. The highest BCUT2D eigenvalue weighted by Gasteiger charge is 2.23. The Morgan fingerprint density at radius 1 is 0.861 bits per heavy atom. The normalized spacial score (nSPS) is 11.5. The maximum absolute atomic E-state index is 13.7. The Hall–Kier alpha value is -2.59. The molecule has 0 saturated carbocycles. The number of hydrogen-bond acceptors (Lipinski definition) is 4. The van der Waals surface area contributed by atoms with E-state index in [1.807, 2.05) is 50.2 Å². The van der Waals surface area contributed by atoms with Crippen LogP contribution in [0.15, 0.2) is 40.8 Å². The number of fused-ring (bicyclic) bond motifs is 1. The third-order valence-electron chi connectivity index (χ3n) is 6.90. The number of aryl methyl sites for hydroxylation is 3. The Kier molecular flexibility index (Phi) is 11.1. The third kappa shape index (κ3) is 7.22. The number of hydrogen-bond donors (Lipinski definition) is 0. The summed E-state index contributed by atoms with van der Waals surface area (Å²) in [6.07, 6.45) is 8.82. The van der Waals surface area contributed by atoms with Gasteiger partial charge >= 0.3 is 0 Å². The molecule has 0 aliphatic rings. The van der Waals surface area contributed by atoms with Crippen LogP contribution in [-0.2, 0) is 6.42 Å². The zero-order chi connectivity index (χ0) is 25.9. The van der Waals surface area contributed by atoms with E-state index in [1.165, 1.54) is 38.8 Å². The van der Waals surface area contributed by atoms with Gasteiger partial charge in [0, 0.05) is 23.9 Å². The van der Waals surface area contributed by atoms with Crippen molar-refractivity contribution in [3.63, 3.8) is 0 Å². The van der Waals surface area contributed by atoms with Crippen molar-refractivity contribution in [1.29, 1.82) is 0 Å². The minimum atomic E-state index is 0.0336. The summed E-state index contributed by atoms with van der Waals surface area (Å²) in [7, 11) is 0. The third-order valence-corrected chi connectivity index (χ3v) is 6.90. The number of ether oxygens (including phenoxy) is 1. The summed E-state index contributed by atoms with van der Waals surface area (Å²) < 4.78 is 12.4. The van der Waals surface area contributed by atoms with Gasteiger partial charge in [-0.1, -0.05) is 58.2 Å². The molecule has 1 aromatic heterocycles. The first kappa shape index (κ1) is 28.0. The van der Waals surface area contributed by atoms with Crippen LogP contribution in [0.3, 0.4) is 0 Å². The molecule has 1 heterocycles. The van der Waals surface area contributed by atoms with Crippen LogP contribution in [-0.4, -0.2) is 36.9 Å². The van der Waals surface area contributed by atoms with Gasteiger partial charge in [-0.3, -0.25) is 4.79 Å². The summed E-state index contributed by atoms with van der Waals surface area (Å²) in [6, 6.07) is 11.8. The van der Waals surface area contributed by atoms with E-state index < -0.39 is 0 Å². The smallest absolute Gasteiger partial charge is 0.197 e. The lowest BCUT2D eigenvalue weighted by Gasteiger charge is -2.22. The molecule has 0 unspecified atom stereocenters. The van der Waals surface area contributed by atoms with Crippen molar-refractivity contribution < 1.29 is 13.9 Å². The predicted molar refractivity (Wildman–Crippen MR) is 151 cm³/mol. The molecule has 196 valence electrons. The quantitative estimate of drug-likeness (QED) is 0.149. The van der Waals surface area contributed by atoms with E-state index in [2.05, 4.69) is 25.7 Å². The first-order valence-electron chi connectivity index (χ1n) is 14.0. The highest BCUT2D eigenvalue weighted by Crippen LogP contribution is 2.32. The van der Waals surface area contributed by atoms with Gasteiger partial charge in [-0.15, -0.1) is 0 Å². The fourth-order valence-electron chi connectivity index (χ4n) is 4.87. The van der Waals surface area contributed by atoms with E-state index in [9.17, 15) is 4.79 Å². The highest BCUT2D eigenvalue weighted by molar-refractivity contribution is 6.17. The zero-order valence-electron chi connectivity index (χ0n) is 23.1.